The van der Waals surface area contributed by atoms with Gasteiger partial charge in [-0.2, -0.15) is 0 Å². The molecule has 84 valence electrons. The lowest BCUT2D eigenvalue weighted by Crippen LogP contribution is -2.33. The van der Waals surface area contributed by atoms with Crippen molar-refractivity contribution in [3.05, 3.63) is 16.1 Å². The summed E-state index contributed by atoms with van der Waals surface area (Å²) in [5.74, 6) is 0.0253. The number of aromatic nitrogens is 1. The van der Waals surface area contributed by atoms with E-state index in [1.807, 2.05) is 12.3 Å². The van der Waals surface area contributed by atoms with E-state index in [4.69, 9.17) is 10.5 Å². The highest BCUT2D eigenvalue weighted by Gasteiger charge is 2.14. The Hall–Kier alpha value is -0.780. The number of carbonyl (C=O) groups is 1. The first kappa shape index (κ1) is 12.3. The number of methoxy groups -OCH3 is 1. The molecule has 0 amide bonds. The van der Waals surface area contributed by atoms with E-state index in [0.717, 1.165) is 10.7 Å². The lowest BCUT2D eigenvalue weighted by molar-refractivity contribution is -0.120. The molecule has 0 saturated heterocycles. The Morgan fingerprint density at radius 2 is 2.47 bits per heavy atom. The molecule has 0 aliphatic heterocycles. The third kappa shape index (κ3) is 4.07. The number of ketones is 1. The van der Waals surface area contributed by atoms with Crippen molar-refractivity contribution in [2.24, 2.45) is 5.73 Å². The second kappa shape index (κ2) is 5.95. The van der Waals surface area contributed by atoms with Gasteiger partial charge in [0.05, 0.1) is 23.2 Å². The van der Waals surface area contributed by atoms with Crippen LogP contribution in [0.15, 0.2) is 5.38 Å². The molecule has 0 aliphatic rings. The van der Waals surface area contributed by atoms with Gasteiger partial charge in [-0.1, -0.05) is 0 Å². The lowest BCUT2D eigenvalue weighted by atomic mass is 10.1. The number of aryl methyl sites for hydroxylation is 1. The number of rotatable bonds is 6. The maximum Gasteiger partial charge on any atom is 0.155 e. The van der Waals surface area contributed by atoms with E-state index in [1.165, 1.54) is 0 Å². The standard InChI is InChI=1S/C10H16N2O2S/c1-7-12-8(6-15-7)5-10(13)9(11)3-4-14-2/h6,9H,3-5,11H2,1-2H3. The van der Waals surface area contributed by atoms with Crippen LogP contribution in [0.5, 0.6) is 0 Å². The zero-order valence-corrected chi connectivity index (χ0v) is 9.84. The summed E-state index contributed by atoms with van der Waals surface area (Å²) in [6, 6.07) is -0.438. The number of hydrogen-bond donors (Lipinski definition) is 1. The summed E-state index contributed by atoms with van der Waals surface area (Å²) in [6.45, 7) is 2.44. The predicted octanol–water partition coefficient (Wildman–Crippen LogP) is 0.927. The molecule has 1 rings (SSSR count). The summed E-state index contributed by atoms with van der Waals surface area (Å²) in [5.41, 5.74) is 6.52. The average Bonchev–Trinajstić information content (AvgIpc) is 2.60. The van der Waals surface area contributed by atoms with Gasteiger partial charge in [-0.15, -0.1) is 11.3 Å². The van der Waals surface area contributed by atoms with Gasteiger partial charge in [0.1, 0.15) is 0 Å². The largest absolute Gasteiger partial charge is 0.385 e. The van der Waals surface area contributed by atoms with Gasteiger partial charge < -0.3 is 10.5 Å². The summed E-state index contributed by atoms with van der Waals surface area (Å²) >= 11 is 1.55. The van der Waals surface area contributed by atoms with Crippen LogP contribution in [0.1, 0.15) is 17.1 Å². The monoisotopic (exact) mass is 228 g/mol. The second-order valence-corrected chi connectivity index (χ2v) is 4.45. The summed E-state index contributed by atoms with van der Waals surface area (Å²) in [6.07, 6.45) is 0.897. The second-order valence-electron chi connectivity index (χ2n) is 3.39. The van der Waals surface area contributed by atoms with Crippen LogP contribution in [0, 0.1) is 6.92 Å². The van der Waals surface area contributed by atoms with Crippen LogP contribution in [-0.4, -0.2) is 30.5 Å². The normalized spacial score (nSPS) is 12.7. The van der Waals surface area contributed by atoms with Crippen molar-refractivity contribution in [1.82, 2.24) is 4.98 Å². The van der Waals surface area contributed by atoms with Crippen LogP contribution in [0.25, 0.3) is 0 Å². The molecule has 1 heterocycles. The van der Waals surface area contributed by atoms with Crippen LogP contribution in [0.4, 0.5) is 0 Å². The van der Waals surface area contributed by atoms with Crippen LogP contribution in [0.3, 0.4) is 0 Å². The Morgan fingerprint density at radius 1 is 1.73 bits per heavy atom. The smallest absolute Gasteiger partial charge is 0.155 e. The number of nitrogens with zero attached hydrogens (tertiary/aromatic N) is 1. The minimum absolute atomic E-state index is 0.0253. The van der Waals surface area contributed by atoms with Crippen molar-refractivity contribution in [1.29, 1.82) is 0 Å². The van der Waals surface area contributed by atoms with Crippen LogP contribution in [0.2, 0.25) is 0 Å². The zero-order valence-electron chi connectivity index (χ0n) is 9.03. The van der Waals surface area contributed by atoms with Gasteiger partial charge in [-0.05, 0) is 13.3 Å². The van der Waals surface area contributed by atoms with Crippen LogP contribution >= 0.6 is 11.3 Å². The molecule has 0 saturated carbocycles. The molecule has 1 aromatic rings. The predicted molar refractivity (Wildman–Crippen MR) is 60.0 cm³/mol. The van der Waals surface area contributed by atoms with Crippen molar-refractivity contribution in [2.45, 2.75) is 25.8 Å². The van der Waals surface area contributed by atoms with Gasteiger partial charge in [0.2, 0.25) is 0 Å². The molecular weight excluding hydrogens is 212 g/mol. The summed E-state index contributed by atoms with van der Waals surface area (Å²) in [7, 11) is 1.60. The fourth-order valence-electron chi connectivity index (χ4n) is 1.20. The molecule has 15 heavy (non-hydrogen) atoms. The third-order valence-electron chi connectivity index (χ3n) is 2.07. The molecule has 0 spiro atoms. The quantitative estimate of drug-likeness (QED) is 0.786. The number of Topliss-reactive ketones (excluding diaryl/α,β-unsaturated/α-hetero) is 1. The molecule has 0 aliphatic carbocycles. The number of thiazole rings is 1. The van der Waals surface area contributed by atoms with E-state index in [1.54, 1.807) is 18.4 Å². The Labute approximate surface area is 93.5 Å². The molecule has 1 unspecified atom stereocenters. The summed E-state index contributed by atoms with van der Waals surface area (Å²) in [5, 5.41) is 2.87. The van der Waals surface area contributed by atoms with E-state index in [0.29, 0.717) is 19.4 Å². The fraction of sp³-hybridized carbons (Fsp3) is 0.600. The minimum Gasteiger partial charge on any atom is -0.385 e. The molecule has 5 heteroatoms. The first-order chi connectivity index (χ1) is 7.13. The van der Waals surface area contributed by atoms with Gasteiger partial charge >= 0.3 is 0 Å². The first-order valence-corrected chi connectivity index (χ1v) is 5.69. The number of nitrogens with two attached hydrogens (primary N) is 1. The van der Waals surface area contributed by atoms with Gasteiger partial charge in [0.25, 0.3) is 0 Å². The highest BCUT2D eigenvalue weighted by molar-refractivity contribution is 7.09. The number of hydrogen-bond acceptors (Lipinski definition) is 5. The molecule has 0 fully saturated rings. The molecule has 0 aromatic carbocycles. The zero-order chi connectivity index (χ0) is 11.3. The molecule has 0 radical (unpaired) electrons. The molecule has 1 atom stereocenters. The van der Waals surface area contributed by atoms with E-state index in [9.17, 15) is 4.79 Å². The number of ether oxygens (including phenoxy) is 1. The maximum atomic E-state index is 11.6. The van der Waals surface area contributed by atoms with Crippen molar-refractivity contribution < 1.29 is 9.53 Å². The van der Waals surface area contributed by atoms with Crippen molar-refractivity contribution >= 4 is 17.1 Å². The van der Waals surface area contributed by atoms with Gasteiger partial charge in [0, 0.05) is 19.1 Å². The summed E-state index contributed by atoms with van der Waals surface area (Å²) < 4.78 is 4.87. The average molecular weight is 228 g/mol. The Bertz CT molecular complexity index is 325. The molecule has 0 bridgehead atoms. The molecule has 1 aromatic heterocycles. The van der Waals surface area contributed by atoms with Gasteiger partial charge in [-0.25, -0.2) is 4.98 Å². The van der Waals surface area contributed by atoms with E-state index < -0.39 is 6.04 Å². The number of carbonyl (C=O) groups excluding carboxylic acids is 1. The van der Waals surface area contributed by atoms with Gasteiger partial charge in [-0.3, -0.25) is 4.79 Å². The van der Waals surface area contributed by atoms with Crippen molar-refractivity contribution in [3.8, 4) is 0 Å². The third-order valence-corrected chi connectivity index (χ3v) is 2.89. The van der Waals surface area contributed by atoms with E-state index >= 15 is 0 Å². The Morgan fingerprint density at radius 3 is 3.00 bits per heavy atom. The Kier molecular flexibility index (Phi) is 4.87. The SMILES string of the molecule is COCCC(N)C(=O)Cc1csc(C)n1. The first-order valence-electron chi connectivity index (χ1n) is 4.81. The Balaban J connectivity index is 2.41. The van der Waals surface area contributed by atoms with Gasteiger partial charge in [0.15, 0.2) is 5.78 Å². The fourth-order valence-corrected chi connectivity index (χ4v) is 1.82. The van der Waals surface area contributed by atoms with Crippen LogP contribution < -0.4 is 5.73 Å². The molecular formula is C10H16N2O2S. The summed E-state index contributed by atoms with van der Waals surface area (Å²) in [4.78, 5) is 15.8. The lowest BCUT2D eigenvalue weighted by Gasteiger charge is -2.08. The van der Waals surface area contributed by atoms with Crippen molar-refractivity contribution in [2.75, 3.05) is 13.7 Å². The maximum absolute atomic E-state index is 11.6. The minimum atomic E-state index is -0.438. The molecule has 4 nitrogen and oxygen atoms in total. The topological polar surface area (TPSA) is 65.2 Å². The van der Waals surface area contributed by atoms with E-state index in [2.05, 4.69) is 4.98 Å². The van der Waals surface area contributed by atoms with E-state index in [-0.39, 0.29) is 5.78 Å². The van der Waals surface area contributed by atoms with Crippen LogP contribution in [-0.2, 0) is 16.0 Å². The molecule has 2 N–H and O–H groups in total. The highest BCUT2D eigenvalue weighted by Crippen LogP contribution is 2.09. The van der Waals surface area contributed by atoms with Crippen molar-refractivity contribution in [3.63, 3.8) is 0 Å². The highest BCUT2D eigenvalue weighted by atomic mass is 32.1.